The van der Waals surface area contributed by atoms with Gasteiger partial charge in [-0.25, -0.2) is 8.42 Å². The highest BCUT2D eigenvalue weighted by Crippen LogP contribution is 2.20. The maximum Gasteiger partial charge on any atom is 0.148 e. The van der Waals surface area contributed by atoms with E-state index < -0.39 is 9.84 Å². The molecule has 0 aromatic heterocycles. The van der Waals surface area contributed by atoms with Crippen LogP contribution in [0.5, 0.6) is 0 Å². The summed E-state index contributed by atoms with van der Waals surface area (Å²) in [5, 5.41) is 10.1. The van der Waals surface area contributed by atoms with Crippen molar-refractivity contribution in [1.82, 2.24) is 9.80 Å². The number of sulfone groups is 1. The highest BCUT2D eigenvalue weighted by molar-refractivity contribution is 7.90. The average Bonchev–Trinajstić information content (AvgIpc) is 2.26. The first-order valence-electron chi connectivity index (χ1n) is 6.88. The van der Waals surface area contributed by atoms with E-state index in [0.29, 0.717) is 13.1 Å². The fraction of sp³-hybridized carbons (Fsp3) is 1.00. The molecular formula is C13H28N2O3S. The lowest BCUT2D eigenvalue weighted by Crippen LogP contribution is -2.50. The average molecular weight is 292 g/mol. The van der Waals surface area contributed by atoms with Gasteiger partial charge >= 0.3 is 0 Å². The molecule has 1 fully saturated rings. The monoisotopic (exact) mass is 292 g/mol. The van der Waals surface area contributed by atoms with Crippen LogP contribution in [0.3, 0.4) is 0 Å². The van der Waals surface area contributed by atoms with Crippen LogP contribution in [0.15, 0.2) is 0 Å². The minimum Gasteiger partial charge on any atom is -0.391 e. The van der Waals surface area contributed by atoms with Crippen molar-refractivity contribution in [2.45, 2.75) is 26.9 Å². The van der Waals surface area contributed by atoms with Crippen molar-refractivity contribution in [1.29, 1.82) is 0 Å². The van der Waals surface area contributed by atoms with Crippen LogP contribution in [-0.2, 0) is 9.84 Å². The number of hydrogen-bond donors (Lipinski definition) is 1. The Morgan fingerprint density at radius 1 is 1.11 bits per heavy atom. The quantitative estimate of drug-likeness (QED) is 0.776. The number of aliphatic hydroxyl groups excluding tert-OH is 1. The van der Waals surface area contributed by atoms with E-state index in [2.05, 4.69) is 9.80 Å². The van der Waals surface area contributed by atoms with Crippen LogP contribution in [-0.4, -0.2) is 80.7 Å². The van der Waals surface area contributed by atoms with E-state index in [1.54, 1.807) is 0 Å². The van der Waals surface area contributed by atoms with Crippen LogP contribution in [0.1, 0.15) is 20.8 Å². The standard InChI is InChI=1S/C13H28N2O3S/c1-13(2,3)12(16)11-15-7-5-14(6-8-15)9-10-19(4,17)18/h12,16H,5-11H2,1-4H3/t12-/m1/s1. The van der Waals surface area contributed by atoms with Crippen LogP contribution < -0.4 is 0 Å². The van der Waals surface area contributed by atoms with Gasteiger partial charge < -0.3 is 5.11 Å². The third-order valence-corrected chi connectivity index (χ3v) is 4.60. The van der Waals surface area contributed by atoms with E-state index in [9.17, 15) is 13.5 Å². The van der Waals surface area contributed by atoms with Crippen molar-refractivity contribution in [3.63, 3.8) is 0 Å². The van der Waals surface area contributed by atoms with E-state index in [-0.39, 0.29) is 17.3 Å². The summed E-state index contributed by atoms with van der Waals surface area (Å²) in [6, 6.07) is 0. The Labute approximate surface area is 117 Å². The first-order valence-corrected chi connectivity index (χ1v) is 8.94. The Morgan fingerprint density at radius 3 is 2.00 bits per heavy atom. The molecule has 0 saturated carbocycles. The highest BCUT2D eigenvalue weighted by Gasteiger charge is 2.26. The fourth-order valence-corrected chi connectivity index (χ4v) is 2.60. The van der Waals surface area contributed by atoms with Gasteiger partial charge in [-0.15, -0.1) is 0 Å². The van der Waals surface area contributed by atoms with Crippen molar-refractivity contribution in [3.05, 3.63) is 0 Å². The number of rotatable bonds is 5. The van der Waals surface area contributed by atoms with Gasteiger partial charge in [0.05, 0.1) is 11.9 Å². The number of nitrogens with zero attached hydrogens (tertiary/aromatic N) is 2. The van der Waals surface area contributed by atoms with Crippen molar-refractivity contribution in [3.8, 4) is 0 Å². The van der Waals surface area contributed by atoms with E-state index in [4.69, 9.17) is 0 Å². The second kappa shape index (κ2) is 6.52. The fourth-order valence-electron chi connectivity index (χ4n) is 2.01. The second-order valence-corrected chi connectivity index (χ2v) is 8.91. The molecule has 0 spiro atoms. The summed E-state index contributed by atoms with van der Waals surface area (Å²) >= 11 is 0. The Morgan fingerprint density at radius 2 is 1.58 bits per heavy atom. The van der Waals surface area contributed by atoms with Crippen LogP contribution in [0.4, 0.5) is 0 Å². The summed E-state index contributed by atoms with van der Waals surface area (Å²) in [5.41, 5.74) is -0.0899. The molecule has 0 amide bonds. The van der Waals surface area contributed by atoms with Gasteiger partial charge in [-0.05, 0) is 5.41 Å². The molecule has 0 aromatic carbocycles. The zero-order valence-electron chi connectivity index (χ0n) is 12.6. The summed E-state index contributed by atoms with van der Waals surface area (Å²) in [6.45, 7) is 11.0. The molecule has 1 N–H and O–H groups in total. The maximum atomic E-state index is 11.1. The van der Waals surface area contributed by atoms with Crippen molar-refractivity contribution in [2.24, 2.45) is 5.41 Å². The normalized spacial score (nSPS) is 21.5. The Bertz CT molecular complexity index is 368. The zero-order valence-corrected chi connectivity index (χ0v) is 13.4. The topological polar surface area (TPSA) is 60.9 Å². The third-order valence-electron chi connectivity index (χ3n) is 3.67. The van der Waals surface area contributed by atoms with Crippen LogP contribution in [0, 0.1) is 5.41 Å². The summed E-state index contributed by atoms with van der Waals surface area (Å²) < 4.78 is 22.2. The van der Waals surface area contributed by atoms with Gasteiger partial charge in [0.15, 0.2) is 0 Å². The van der Waals surface area contributed by atoms with Crippen molar-refractivity contribution in [2.75, 3.05) is 51.3 Å². The molecule has 1 atom stereocenters. The first-order chi connectivity index (χ1) is 8.58. The summed E-state index contributed by atoms with van der Waals surface area (Å²) in [4.78, 5) is 4.44. The lowest BCUT2D eigenvalue weighted by atomic mass is 9.89. The van der Waals surface area contributed by atoms with Crippen LogP contribution in [0.2, 0.25) is 0 Å². The van der Waals surface area contributed by atoms with Crippen LogP contribution >= 0.6 is 0 Å². The molecule has 0 aliphatic carbocycles. The van der Waals surface area contributed by atoms with Gasteiger partial charge in [-0.1, -0.05) is 20.8 Å². The summed E-state index contributed by atoms with van der Waals surface area (Å²) in [7, 11) is -2.87. The highest BCUT2D eigenvalue weighted by atomic mass is 32.2. The van der Waals surface area contributed by atoms with Gasteiger partial charge in [0.2, 0.25) is 0 Å². The predicted molar refractivity (Wildman–Crippen MR) is 78.1 cm³/mol. The minimum atomic E-state index is -2.87. The predicted octanol–water partition coefficient (Wildman–Crippen LogP) is 0.0556. The Kier molecular flexibility index (Phi) is 5.79. The molecule has 5 nitrogen and oxygen atoms in total. The molecule has 1 aliphatic heterocycles. The summed E-state index contributed by atoms with van der Waals surface area (Å²) in [6.07, 6.45) is 0.957. The number of β-amino-alcohol motifs (C(OH)–C–C–N with tert-alkyl or cyclic N) is 1. The number of piperazine rings is 1. The largest absolute Gasteiger partial charge is 0.391 e. The molecule has 1 aliphatic rings. The second-order valence-electron chi connectivity index (χ2n) is 6.65. The number of aliphatic hydroxyl groups is 1. The van der Waals surface area contributed by atoms with Gasteiger partial charge in [0.25, 0.3) is 0 Å². The molecule has 0 radical (unpaired) electrons. The molecule has 0 unspecified atom stereocenters. The Balaban J connectivity index is 2.29. The van der Waals surface area contributed by atoms with Crippen LogP contribution in [0.25, 0.3) is 0 Å². The molecular weight excluding hydrogens is 264 g/mol. The van der Waals surface area contributed by atoms with Gasteiger partial charge in [-0.2, -0.15) is 0 Å². The molecule has 0 aromatic rings. The third kappa shape index (κ3) is 6.70. The van der Waals surface area contributed by atoms with Crippen molar-refractivity contribution < 1.29 is 13.5 Å². The smallest absolute Gasteiger partial charge is 0.148 e. The van der Waals surface area contributed by atoms with E-state index in [0.717, 1.165) is 26.2 Å². The molecule has 1 rings (SSSR count). The Hall–Kier alpha value is -0.170. The molecule has 0 bridgehead atoms. The molecule has 19 heavy (non-hydrogen) atoms. The molecule has 1 saturated heterocycles. The lowest BCUT2D eigenvalue weighted by molar-refractivity contribution is 0.0141. The van der Waals surface area contributed by atoms with Gasteiger partial charge in [-0.3, -0.25) is 9.80 Å². The first kappa shape index (κ1) is 16.9. The summed E-state index contributed by atoms with van der Waals surface area (Å²) in [5.74, 6) is 0.234. The molecule has 6 heteroatoms. The van der Waals surface area contributed by atoms with Gasteiger partial charge in [0, 0.05) is 45.5 Å². The van der Waals surface area contributed by atoms with E-state index in [1.165, 1.54) is 6.26 Å². The zero-order chi connectivity index (χ0) is 14.7. The SMILES string of the molecule is CC(C)(C)[C@H](O)CN1CCN(CCS(C)(=O)=O)CC1. The minimum absolute atomic E-state index is 0.0899. The maximum absolute atomic E-state index is 11.1. The van der Waals surface area contributed by atoms with E-state index >= 15 is 0 Å². The lowest BCUT2D eigenvalue weighted by Gasteiger charge is -2.37. The van der Waals surface area contributed by atoms with Crippen molar-refractivity contribution >= 4 is 9.84 Å². The van der Waals surface area contributed by atoms with Gasteiger partial charge in [0.1, 0.15) is 9.84 Å². The van der Waals surface area contributed by atoms with E-state index in [1.807, 2.05) is 20.8 Å². The molecule has 1 heterocycles. The molecule has 114 valence electrons. The number of hydrogen-bond acceptors (Lipinski definition) is 5.